The third-order valence-corrected chi connectivity index (χ3v) is 5.97. The van der Waals surface area contributed by atoms with E-state index in [4.69, 9.17) is 26.4 Å². The lowest BCUT2D eigenvalue weighted by Gasteiger charge is -2.35. The Kier molecular flexibility index (Phi) is 9.71. The molecule has 1 heterocycles. The van der Waals surface area contributed by atoms with E-state index in [1.165, 1.54) is 17.2 Å². The van der Waals surface area contributed by atoms with E-state index in [1.807, 2.05) is 19.9 Å². The topological polar surface area (TPSA) is 124 Å². The number of carbonyl (C=O) groups excluding carboxylic acids is 3. The molecule has 0 aromatic heterocycles. The summed E-state index contributed by atoms with van der Waals surface area (Å²) < 4.78 is 5.06. The molecule has 0 saturated heterocycles. The van der Waals surface area contributed by atoms with Crippen LogP contribution in [0.4, 0.5) is 21.9 Å². The van der Waals surface area contributed by atoms with Gasteiger partial charge in [-0.15, -0.1) is 0 Å². The molecule has 0 radical (unpaired) electrons. The number of benzene rings is 2. The van der Waals surface area contributed by atoms with Crippen molar-refractivity contribution >= 4 is 46.5 Å². The summed E-state index contributed by atoms with van der Waals surface area (Å²) in [4.78, 5) is 45.2. The van der Waals surface area contributed by atoms with Gasteiger partial charge in [0.15, 0.2) is 5.75 Å². The van der Waals surface area contributed by atoms with Gasteiger partial charge < -0.3 is 20.2 Å². The molecule has 1 aliphatic heterocycles. The summed E-state index contributed by atoms with van der Waals surface area (Å²) in [5.41, 5.74) is 1.96. The van der Waals surface area contributed by atoms with E-state index >= 15 is 0 Å². The van der Waals surface area contributed by atoms with Gasteiger partial charge in [0.25, 0.3) is 0 Å². The maximum atomic E-state index is 12.7. The summed E-state index contributed by atoms with van der Waals surface area (Å²) >= 11 is 6.01. The van der Waals surface area contributed by atoms with E-state index in [0.717, 1.165) is 0 Å². The largest absolute Gasteiger partial charge is 0.385 e. The molecule has 1 unspecified atom stereocenters. The van der Waals surface area contributed by atoms with Crippen molar-refractivity contribution in [2.75, 3.05) is 42.3 Å². The lowest BCUT2D eigenvalue weighted by Crippen LogP contribution is -2.49. The maximum Gasteiger partial charge on any atom is 0.357 e. The predicted molar refractivity (Wildman–Crippen MR) is 141 cm³/mol. The van der Waals surface area contributed by atoms with Gasteiger partial charge in [-0.05, 0) is 49.6 Å². The van der Waals surface area contributed by atoms with Gasteiger partial charge in [0.1, 0.15) is 6.07 Å². The fraction of sp³-hybridized carbons (Fsp3) is 0.385. The fourth-order valence-electron chi connectivity index (χ4n) is 3.90. The van der Waals surface area contributed by atoms with Gasteiger partial charge in [-0.2, -0.15) is 10.3 Å². The normalized spacial score (nSPS) is 13.3. The third-order valence-electron chi connectivity index (χ3n) is 5.65. The van der Waals surface area contributed by atoms with Crippen LogP contribution >= 0.6 is 11.6 Å². The number of methoxy groups -OCH3 is 1. The van der Waals surface area contributed by atoms with Crippen LogP contribution in [0, 0.1) is 17.2 Å². The molecule has 4 amide bonds. The Bertz CT molecular complexity index is 1200. The van der Waals surface area contributed by atoms with Crippen molar-refractivity contribution in [2.45, 2.75) is 33.1 Å². The number of urea groups is 1. The van der Waals surface area contributed by atoms with E-state index in [2.05, 4.69) is 10.6 Å². The van der Waals surface area contributed by atoms with Gasteiger partial charge in [0.2, 0.25) is 11.8 Å². The van der Waals surface area contributed by atoms with E-state index < -0.39 is 0 Å². The number of hydrogen-bond acceptors (Lipinski definition) is 6. The second-order valence-electron chi connectivity index (χ2n) is 8.67. The summed E-state index contributed by atoms with van der Waals surface area (Å²) in [5.74, 6) is -0.281. The van der Waals surface area contributed by atoms with Crippen LogP contribution in [0.25, 0.3) is 0 Å². The van der Waals surface area contributed by atoms with Crippen molar-refractivity contribution in [3.8, 4) is 11.8 Å². The van der Waals surface area contributed by atoms with Crippen LogP contribution in [0.3, 0.4) is 0 Å². The zero-order valence-corrected chi connectivity index (χ0v) is 21.8. The summed E-state index contributed by atoms with van der Waals surface area (Å²) in [7, 11) is 1.60. The van der Waals surface area contributed by atoms with Gasteiger partial charge in [0, 0.05) is 50.5 Å². The Morgan fingerprint density at radius 1 is 1.14 bits per heavy atom. The molecule has 3 rings (SSSR count). The quantitative estimate of drug-likeness (QED) is 0.404. The smallest absolute Gasteiger partial charge is 0.357 e. The highest BCUT2D eigenvalue weighted by atomic mass is 35.5. The number of anilines is 3. The number of nitrogens with one attached hydrogen (secondary N) is 2. The Balaban J connectivity index is 1.56. The van der Waals surface area contributed by atoms with Crippen molar-refractivity contribution in [1.29, 1.82) is 5.26 Å². The van der Waals surface area contributed by atoms with Crippen LogP contribution < -0.4 is 20.4 Å². The Hall–Kier alpha value is -3.81. The lowest BCUT2D eigenvalue weighted by molar-refractivity contribution is -0.118. The van der Waals surface area contributed by atoms with Gasteiger partial charge in [0.05, 0.1) is 22.8 Å². The highest BCUT2D eigenvalue weighted by molar-refractivity contribution is 6.32. The van der Waals surface area contributed by atoms with Crippen LogP contribution in [0.15, 0.2) is 36.4 Å². The van der Waals surface area contributed by atoms with Crippen molar-refractivity contribution in [3.63, 3.8) is 0 Å². The number of hydroxylamine groups is 2. The monoisotopic (exact) mass is 527 g/mol. The first kappa shape index (κ1) is 27.8. The minimum absolute atomic E-state index is 0.127. The molecule has 0 saturated carbocycles. The fourth-order valence-corrected chi connectivity index (χ4v) is 4.12. The van der Waals surface area contributed by atoms with Crippen LogP contribution in [-0.4, -0.2) is 49.7 Å². The lowest BCUT2D eigenvalue weighted by atomic mass is 10.0. The summed E-state index contributed by atoms with van der Waals surface area (Å²) in [6.45, 7) is 5.02. The standard InChI is InChI=1S/C26H30ClN5O5/c1-4-31-22-9-8-20(15-23(22)37-32(26(31)35)10-5-11-36-3)30-25(34)13-17(2)12-24(33)29-19-7-6-18(16-28)21(27)14-19/h6-9,14-15,17H,4-5,10-13H2,1-3H3,(H,29,33)(H,30,34). The second kappa shape index (κ2) is 12.9. The van der Waals surface area contributed by atoms with Crippen LogP contribution in [-0.2, 0) is 14.3 Å². The zero-order valence-electron chi connectivity index (χ0n) is 21.0. The highest BCUT2D eigenvalue weighted by Gasteiger charge is 2.31. The minimum Gasteiger partial charge on any atom is -0.385 e. The van der Waals surface area contributed by atoms with Gasteiger partial charge in [-0.25, -0.2) is 4.79 Å². The number of fused-ring (bicyclic) bond motifs is 1. The molecule has 0 bridgehead atoms. The van der Waals surface area contributed by atoms with E-state index in [1.54, 1.807) is 36.3 Å². The summed E-state index contributed by atoms with van der Waals surface area (Å²) in [6.07, 6.45) is 0.875. The number of halogens is 1. The average Bonchev–Trinajstić information content (AvgIpc) is 2.84. The molecule has 0 spiro atoms. The Morgan fingerprint density at radius 2 is 1.78 bits per heavy atom. The molecule has 1 atom stereocenters. The first-order chi connectivity index (χ1) is 17.7. The number of nitrogens with zero attached hydrogens (tertiary/aromatic N) is 3. The number of amides is 4. The highest BCUT2D eigenvalue weighted by Crippen LogP contribution is 2.36. The second-order valence-corrected chi connectivity index (χ2v) is 9.07. The number of hydrogen-bond donors (Lipinski definition) is 2. The van der Waals surface area contributed by atoms with Gasteiger partial charge in [-0.3, -0.25) is 14.5 Å². The molecule has 0 aliphatic carbocycles. The number of rotatable bonds is 11. The molecule has 2 aromatic rings. The number of nitriles is 1. The first-order valence-electron chi connectivity index (χ1n) is 11.9. The van der Waals surface area contributed by atoms with E-state index in [-0.39, 0.29) is 41.6 Å². The molecule has 2 N–H and O–H groups in total. The molecule has 37 heavy (non-hydrogen) atoms. The van der Waals surface area contributed by atoms with E-state index in [9.17, 15) is 14.4 Å². The molecule has 0 fully saturated rings. The van der Waals surface area contributed by atoms with Gasteiger partial charge >= 0.3 is 6.03 Å². The maximum absolute atomic E-state index is 12.7. The molecule has 2 aromatic carbocycles. The average molecular weight is 528 g/mol. The van der Waals surface area contributed by atoms with Crippen molar-refractivity contribution < 1.29 is 24.0 Å². The minimum atomic E-state index is -0.263. The zero-order chi connectivity index (χ0) is 26.9. The SMILES string of the molecule is CCN1C(=O)N(CCCOC)Oc2cc(NC(=O)CC(C)CC(=O)Nc3ccc(C#N)c(Cl)c3)ccc21. The van der Waals surface area contributed by atoms with Crippen molar-refractivity contribution in [1.82, 2.24) is 5.06 Å². The Labute approximate surface area is 221 Å². The molecular formula is C26H30ClN5O5. The number of ether oxygens (including phenoxy) is 1. The molecule has 10 nitrogen and oxygen atoms in total. The molecular weight excluding hydrogens is 498 g/mol. The van der Waals surface area contributed by atoms with Crippen molar-refractivity contribution in [2.24, 2.45) is 5.92 Å². The number of carbonyl (C=O) groups is 3. The van der Waals surface area contributed by atoms with Crippen LogP contribution in [0.1, 0.15) is 38.7 Å². The summed E-state index contributed by atoms with van der Waals surface area (Å²) in [6, 6.07) is 11.5. The van der Waals surface area contributed by atoms with Crippen LogP contribution in [0.5, 0.6) is 5.75 Å². The van der Waals surface area contributed by atoms with Crippen molar-refractivity contribution in [3.05, 3.63) is 47.0 Å². The Morgan fingerprint density at radius 3 is 2.38 bits per heavy atom. The first-order valence-corrected chi connectivity index (χ1v) is 12.3. The third kappa shape index (κ3) is 7.35. The predicted octanol–water partition coefficient (Wildman–Crippen LogP) is 4.80. The van der Waals surface area contributed by atoms with Gasteiger partial charge in [-0.1, -0.05) is 18.5 Å². The van der Waals surface area contributed by atoms with E-state index in [0.29, 0.717) is 54.5 Å². The molecule has 1 aliphatic rings. The van der Waals surface area contributed by atoms with Crippen LogP contribution in [0.2, 0.25) is 5.02 Å². The molecule has 11 heteroatoms. The summed E-state index contributed by atoms with van der Waals surface area (Å²) in [5, 5.41) is 16.1. The molecule has 196 valence electrons.